The summed E-state index contributed by atoms with van der Waals surface area (Å²) in [5, 5.41) is 7.70. The molecule has 0 radical (unpaired) electrons. The van der Waals surface area contributed by atoms with Gasteiger partial charge in [0, 0.05) is 21.4 Å². The van der Waals surface area contributed by atoms with E-state index in [1.807, 2.05) is 54.6 Å². The number of benzene rings is 3. The normalized spacial score (nSPS) is 10.2. The average molecular weight is 403 g/mol. The topological polar surface area (TPSA) is 33.3 Å². The summed E-state index contributed by atoms with van der Waals surface area (Å²) in [5.41, 5.74) is 2.70. The van der Waals surface area contributed by atoms with E-state index in [1.54, 1.807) is 18.2 Å². The van der Waals surface area contributed by atoms with Gasteiger partial charge in [0.1, 0.15) is 12.4 Å². The van der Waals surface area contributed by atoms with E-state index in [1.165, 1.54) is 0 Å². The van der Waals surface area contributed by atoms with Crippen LogP contribution in [0.25, 0.3) is 0 Å². The molecule has 0 saturated heterocycles. The van der Waals surface area contributed by atoms with Crippen molar-refractivity contribution in [1.82, 2.24) is 0 Å². The third-order valence-corrected chi connectivity index (χ3v) is 4.12. The highest BCUT2D eigenvalue weighted by Gasteiger charge is 2.03. The van der Waals surface area contributed by atoms with Crippen LogP contribution < -0.4 is 15.4 Å². The fraction of sp³-hybridized carbons (Fsp3) is 0.0500. The maximum Gasteiger partial charge on any atom is 0.175 e. The number of nitrogens with one attached hydrogen (secondary N) is 2. The molecule has 3 nitrogen and oxygen atoms in total. The number of anilines is 2. The van der Waals surface area contributed by atoms with Crippen molar-refractivity contribution < 1.29 is 4.74 Å². The summed E-state index contributed by atoms with van der Waals surface area (Å²) in [5.74, 6) is 0.792. The Balaban J connectivity index is 1.54. The van der Waals surface area contributed by atoms with Crippen molar-refractivity contribution in [2.24, 2.45) is 0 Å². The molecule has 0 fully saturated rings. The quantitative estimate of drug-likeness (QED) is 0.484. The zero-order valence-electron chi connectivity index (χ0n) is 13.7. The maximum atomic E-state index is 5.98. The fourth-order valence-electron chi connectivity index (χ4n) is 2.29. The molecule has 3 aromatic rings. The first-order valence-corrected chi connectivity index (χ1v) is 9.06. The van der Waals surface area contributed by atoms with Gasteiger partial charge in [-0.1, -0.05) is 53.5 Å². The second-order valence-corrected chi connectivity index (χ2v) is 6.82. The molecule has 0 bridgehead atoms. The van der Waals surface area contributed by atoms with Gasteiger partial charge in [0.25, 0.3) is 0 Å². The highest BCUT2D eigenvalue weighted by atomic mass is 35.5. The molecule has 0 aliphatic rings. The molecular weight excluding hydrogens is 387 g/mol. The van der Waals surface area contributed by atoms with E-state index in [0.717, 1.165) is 22.7 Å². The van der Waals surface area contributed by atoms with Crippen LogP contribution in [0.2, 0.25) is 10.0 Å². The summed E-state index contributed by atoms with van der Waals surface area (Å²) >= 11 is 17.3. The van der Waals surface area contributed by atoms with Gasteiger partial charge in [0.05, 0.1) is 0 Å². The van der Waals surface area contributed by atoms with Crippen molar-refractivity contribution in [2.45, 2.75) is 6.61 Å². The maximum absolute atomic E-state index is 5.98. The van der Waals surface area contributed by atoms with E-state index in [2.05, 4.69) is 10.6 Å². The molecule has 3 aromatic carbocycles. The van der Waals surface area contributed by atoms with E-state index in [9.17, 15) is 0 Å². The van der Waals surface area contributed by atoms with Gasteiger partial charge < -0.3 is 15.4 Å². The highest BCUT2D eigenvalue weighted by molar-refractivity contribution is 7.80. The van der Waals surface area contributed by atoms with Crippen molar-refractivity contribution in [3.05, 3.63) is 88.4 Å². The molecule has 0 heterocycles. The average Bonchev–Trinajstić information content (AvgIpc) is 2.61. The number of thiocarbonyl (C=S) groups is 1. The predicted octanol–water partition coefficient (Wildman–Crippen LogP) is 6.38. The molecule has 0 aliphatic carbocycles. The SMILES string of the molecule is S=C(Nc1ccc(OCc2ccccc2)cc1)Nc1cc(Cl)cc(Cl)c1. The number of rotatable bonds is 5. The van der Waals surface area contributed by atoms with Crippen LogP contribution >= 0.6 is 35.4 Å². The Bertz CT molecular complexity index is 866. The molecular formula is C20H16Cl2N2OS. The van der Waals surface area contributed by atoms with Crippen molar-refractivity contribution >= 4 is 51.9 Å². The van der Waals surface area contributed by atoms with E-state index >= 15 is 0 Å². The summed E-state index contributed by atoms with van der Waals surface area (Å²) < 4.78 is 5.77. The summed E-state index contributed by atoms with van der Waals surface area (Å²) in [6.45, 7) is 0.531. The monoisotopic (exact) mass is 402 g/mol. The van der Waals surface area contributed by atoms with Crippen LogP contribution in [0.4, 0.5) is 11.4 Å². The van der Waals surface area contributed by atoms with Crippen molar-refractivity contribution in [3.8, 4) is 5.75 Å². The Morgan fingerprint density at radius 3 is 2.08 bits per heavy atom. The van der Waals surface area contributed by atoms with Gasteiger partial charge in [0.15, 0.2) is 5.11 Å². The zero-order valence-corrected chi connectivity index (χ0v) is 16.0. The molecule has 6 heteroatoms. The van der Waals surface area contributed by atoms with Gasteiger partial charge in [-0.2, -0.15) is 0 Å². The largest absolute Gasteiger partial charge is 0.489 e. The number of ether oxygens (including phenoxy) is 1. The van der Waals surface area contributed by atoms with Crippen molar-refractivity contribution in [2.75, 3.05) is 10.6 Å². The Labute approximate surface area is 167 Å². The lowest BCUT2D eigenvalue weighted by molar-refractivity contribution is 0.306. The Kier molecular flexibility index (Phi) is 6.34. The minimum atomic E-state index is 0.446. The minimum Gasteiger partial charge on any atom is -0.489 e. The minimum absolute atomic E-state index is 0.446. The van der Waals surface area contributed by atoms with Crippen LogP contribution in [0.3, 0.4) is 0 Å². The molecule has 0 unspecified atom stereocenters. The van der Waals surface area contributed by atoms with E-state index in [4.69, 9.17) is 40.2 Å². The van der Waals surface area contributed by atoms with E-state index < -0.39 is 0 Å². The van der Waals surface area contributed by atoms with Gasteiger partial charge in [-0.25, -0.2) is 0 Å². The van der Waals surface area contributed by atoms with Gasteiger partial charge in [-0.05, 0) is 60.2 Å². The van der Waals surface area contributed by atoms with Gasteiger partial charge in [-0.15, -0.1) is 0 Å². The Morgan fingerprint density at radius 1 is 0.808 bits per heavy atom. The molecule has 26 heavy (non-hydrogen) atoms. The summed E-state index contributed by atoms with van der Waals surface area (Å²) in [7, 11) is 0. The lowest BCUT2D eigenvalue weighted by Gasteiger charge is -2.12. The van der Waals surface area contributed by atoms with E-state index in [-0.39, 0.29) is 0 Å². The molecule has 0 amide bonds. The third-order valence-electron chi connectivity index (χ3n) is 3.48. The first-order chi connectivity index (χ1) is 12.6. The first-order valence-electron chi connectivity index (χ1n) is 7.89. The molecule has 3 rings (SSSR count). The second-order valence-electron chi connectivity index (χ2n) is 5.54. The molecule has 132 valence electrons. The number of halogens is 2. The van der Waals surface area contributed by atoms with Crippen molar-refractivity contribution in [1.29, 1.82) is 0 Å². The van der Waals surface area contributed by atoms with Gasteiger partial charge >= 0.3 is 0 Å². The predicted molar refractivity (Wildman–Crippen MR) is 114 cm³/mol. The molecule has 0 aromatic heterocycles. The van der Waals surface area contributed by atoms with Gasteiger partial charge in [-0.3, -0.25) is 0 Å². The molecule has 0 atom stereocenters. The van der Waals surface area contributed by atoms with Crippen LogP contribution in [-0.2, 0) is 6.61 Å². The van der Waals surface area contributed by atoms with Crippen LogP contribution in [0.1, 0.15) is 5.56 Å². The van der Waals surface area contributed by atoms with Crippen LogP contribution in [0, 0.1) is 0 Å². The zero-order chi connectivity index (χ0) is 18.4. The highest BCUT2D eigenvalue weighted by Crippen LogP contribution is 2.23. The lowest BCUT2D eigenvalue weighted by Crippen LogP contribution is -2.18. The summed E-state index contributed by atoms with van der Waals surface area (Å²) in [6, 6.07) is 22.8. The smallest absolute Gasteiger partial charge is 0.175 e. The fourth-order valence-corrected chi connectivity index (χ4v) is 3.06. The van der Waals surface area contributed by atoms with Crippen molar-refractivity contribution in [3.63, 3.8) is 0 Å². The first kappa shape index (κ1) is 18.5. The van der Waals surface area contributed by atoms with Crippen LogP contribution in [0.15, 0.2) is 72.8 Å². The molecule has 0 spiro atoms. The number of hydrogen-bond donors (Lipinski definition) is 2. The number of hydrogen-bond acceptors (Lipinski definition) is 2. The molecule has 2 N–H and O–H groups in total. The Morgan fingerprint density at radius 2 is 1.42 bits per heavy atom. The molecule has 0 saturated carbocycles. The third kappa shape index (κ3) is 5.63. The van der Waals surface area contributed by atoms with Crippen LogP contribution in [-0.4, -0.2) is 5.11 Å². The van der Waals surface area contributed by atoms with Crippen LogP contribution in [0.5, 0.6) is 5.75 Å². The lowest BCUT2D eigenvalue weighted by atomic mass is 10.2. The standard InChI is InChI=1S/C20H16Cl2N2OS/c21-15-10-16(22)12-18(11-15)24-20(26)23-17-6-8-19(9-7-17)25-13-14-4-2-1-3-5-14/h1-12H,13H2,(H2,23,24,26). The Hall–Kier alpha value is -2.27. The summed E-state index contributed by atoms with van der Waals surface area (Å²) in [6.07, 6.45) is 0. The second kappa shape index (κ2) is 8.90. The molecule has 0 aliphatic heterocycles. The van der Waals surface area contributed by atoms with Gasteiger partial charge in [0.2, 0.25) is 0 Å². The van der Waals surface area contributed by atoms with E-state index in [0.29, 0.717) is 21.8 Å². The summed E-state index contributed by atoms with van der Waals surface area (Å²) in [4.78, 5) is 0.